The number of anilines is 1. The molecule has 0 saturated carbocycles. The van der Waals surface area contributed by atoms with Crippen molar-refractivity contribution in [3.8, 4) is 0 Å². The molecule has 1 aliphatic rings. The van der Waals surface area contributed by atoms with Crippen molar-refractivity contribution >= 4 is 21.6 Å². The fourth-order valence-electron chi connectivity index (χ4n) is 3.81. The van der Waals surface area contributed by atoms with E-state index in [2.05, 4.69) is 20.9 Å². The van der Waals surface area contributed by atoms with E-state index >= 15 is 0 Å². The highest BCUT2D eigenvalue weighted by molar-refractivity contribution is 9.10. The lowest BCUT2D eigenvalue weighted by Gasteiger charge is -2.42. The Bertz CT molecular complexity index is 811. The third kappa shape index (κ3) is 4.28. The Morgan fingerprint density at radius 2 is 2.04 bits per heavy atom. The highest BCUT2D eigenvalue weighted by atomic mass is 79.9. The minimum atomic E-state index is -4.32. The number of nitrogens with two attached hydrogens (primary N) is 1. The Balaban J connectivity index is 2.17. The van der Waals surface area contributed by atoms with Gasteiger partial charge in [-0.15, -0.1) is 0 Å². The highest BCUT2D eigenvalue weighted by Crippen LogP contribution is 2.41. The normalized spacial score (nSPS) is 20.5. The van der Waals surface area contributed by atoms with E-state index in [-0.39, 0.29) is 12.6 Å². The van der Waals surface area contributed by atoms with Gasteiger partial charge in [0.25, 0.3) is 0 Å². The monoisotopic (exact) mass is 443 g/mol. The van der Waals surface area contributed by atoms with Crippen LogP contribution in [0.25, 0.3) is 0 Å². The summed E-state index contributed by atoms with van der Waals surface area (Å²) in [5.74, 6) is 0. The molecule has 0 amide bonds. The zero-order valence-electron chi connectivity index (χ0n) is 14.8. The smallest absolute Gasteiger partial charge is 0.398 e. The van der Waals surface area contributed by atoms with Crippen LogP contribution in [-0.4, -0.2) is 40.4 Å². The van der Waals surface area contributed by atoms with E-state index in [1.807, 2.05) is 0 Å². The lowest BCUT2D eigenvalue weighted by Crippen LogP contribution is -2.47. The van der Waals surface area contributed by atoms with E-state index in [9.17, 15) is 18.3 Å². The Hall–Kier alpha value is -1.64. The fourth-order valence-corrected chi connectivity index (χ4v) is 4.05. The Kier molecular flexibility index (Phi) is 5.79. The van der Waals surface area contributed by atoms with Gasteiger partial charge in [-0.05, 0) is 70.6 Å². The van der Waals surface area contributed by atoms with E-state index in [1.165, 1.54) is 4.90 Å². The van der Waals surface area contributed by atoms with Crippen LogP contribution >= 0.6 is 15.9 Å². The van der Waals surface area contributed by atoms with E-state index in [1.54, 1.807) is 37.4 Å². The summed E-state index contributed by atoms with van der Waals surface area (Å²) >= 11 is 3.32. The van der Waals surface area contributed by atoms with Crippen molar-refractivity contribution in [1.29, 1.82) is 0 Å². The quantitative estimate of drug-likeness (QED) is 0.704. The molecule has 4 nitrogen and oxygen atoms in total. The van der Waals surface area contributed by atoms with Gasteiger partial charge in [0.2, 0.25) is 0 Å². The number of fused-ring (bicyclic) bond motifs is 1. The van der Waals surface area contributed by atoms with Crippen molar-refractivity contribution in [2.24, 2.45) is 0 Å². The molecule has 0 aliphatic carbocycles. The third-order valence-electron chi connectivity index (χ3n) is 4.95. The summed E-state index contributed by atoms with van der Waals surface area (Å²) in [7, 11) is 0. The first-order valence-corrected chi connectivity index (χ1v) is 9.45. The molecule has 27 heavy (non-hydrogen) atoms. The van der Waals surface area contributed by atoms with Gasteiger partial charge in [0.15, 0.2) is 0 Å². The number of hydrogen-bond acceptors (Lipinski definition) is 4. The zero-order valence-corrected chi connectivity index (χ0v) is 16.4. The first kappa shape index (κ1) is 20.1. The van der Waals surface area contributed by atoms with Crippen molar-refractivity contribution in [3.05, 3.63) is 57.3 Å². The molecule has 0 bridgehead atoms. The fraction of sp³-hybridized carbons (Fsp3) is 0.421. The summed E-state index contributed by atoms with van der Waals surface area (Å²) in [6, 6.07) is 6.03. The average molecular weight is 444 g/mol. The topological polar surface area (TPSA) is 62.4 Å². The van der Waals surface area contributed by atoms with Gasteiger partial charge >= 0.3 is 6.18 Å². The lowest BCUT2D eigenvalue weighted by molar-refractivity contribution is -0.155. The summed E-state index contributed by atoms with van der Waals surface area (Å²) in [4.78, 5) is 5.82. The number of aliphatic hydroxyl groups excluding tert-OH is 1. The Labute approximate surface area is 164 Å². The Morgan fingerprint density at radius 1 is 1.30 bits per heavy atom. The molecule has 1 aliphatic heterocycles. The number of benzene rings is 1. The first-order chi connectivity index (χ1) is 12.7. The number of alkyl halides is 3. The SMILES string of the molecule is C[C@@H]1Cc2c(ccc(N)c2CCO)C(c2ccc(Br)cn2)N1CC(F)(F)F. The van der Waals surface area contributed by atoms with Crippen LogP contribution in [-0.2, 0) is 12.8 Å². The van der Waals surface area contributed by atoms with E-state index < -0.39 is 18.8 Å². The summed E-state index contributed by atoms with van der Waals surface area (Å²) < 4.78 is 40.6. The van der Waals surface area contributed by atoms with Crippen molar-refractivity contribution < 1.29 is 18.3 Å². The highest BCUT2D eigenvalue weighted by Gasteiger charge is 2.41. The molecule has 2 atom stereocenters. The zero-order chi connectivity index (χ0) is 19.8. The van der Waals surface area contributed by atoms with Gasteiger partial charge < -0.3 is 10.8 Å². The second kappa shape index (κ2) is 7.77. The van der Waals surface area contributed by atoms with Crippen molar-refractivity contribution in [2.45, 2.75) is 38.0 Å². The number of pyridine rings is 1. The summed E-state index contributed by atoms with van der Waals surface area (Å²) in [6.45, 7) is 0.699. The maximum atomic E-state index is 13.3. The van der Waals surface area contributed by atoms with Gasteiger partial charge in [-0.3, -0.25) is 9.88 Å². The third-order valence-corrected chi connectivity index (χ3v) is 5.42. The van der Waals surface area contributed by atoms with Gasteiger partial charge in [0.05, 0.1) is 18.3 Å². The number of nitrogens with zero attached hydrogens (tertiary/aromatic N) is 2. The number of aromatic nitrogens is 1. The Morgan fingerprint density at radius 3 is 2.63 bits per heavy atom. The minimum Gasteiger partial charge on any atom is -0.398 e. The van der Waals surface area contributed by atoms with E-state index in [4.69, 9.17) is 5.73 Å². The van der Waals surface area contributed by atoms with Gasteiger partial charge in [-0.1, -0.05) is 6.07 Å². The summed E-state index contributed by atoms with van der Waals surface area (Å²) in [6.07, 6.45) is -1.91. The molecule has 1 aromatic heterocycles. The predicted octanol–water partition coefficient (Wildman–Crippen LogP) is 3.86. The van der Waals surface area contributed by atoms with E-state index in [0.29, 0.717) is 24.2 Å². The summed E-state index contributed by atoms with van der Waals surface area (Å²) in [5.41, 5.74) is 9.70. The standard InChI is InChI=1S/C19H21BrF3N3O/c1-11-8-15-13(6-7-27)16(24)4-3-14(15)18(26(11)10-19(21,22)23)17-5-2-12(20)9-25-17/h2-5,9,11,18,27H,6-8,10,24H2,1H3/t11-,18?/m1/s1. The molecule has 0 fully saturated rings. The molecular weight excluding hydrogens is 423 g/mol. The molecule has 146 valence electrons. The molecule has 3 rings (SSSR count). The van der Waals surface area contributed by atoms with Gasteiger partial charge in [-0.25, -0.2) is 0 Å². The average Bonchev–Trinajstić information content (AvgIpc) is 2.59. The number of nitrogen functional groups attached to an aromatic ring is 1. The molecule has 8 heteroatoms. The van der Waals surface area contributed by atoms with Crippen molar-refractivity contribution in [2.75, 3.05) is 18.9 Å². The molecule has 1 unspecified atom stereocenters. The molecular formula is C19H21BrF3N3O. The van der Waals surface area contributed by atoms with Crippen LogP contribution in [0.15, 0.2) is 34.9 Å². The van der Waals surface area contributed by atoms with Gasteiger partial charge in [0, 0.05) is 29.0 Å². The first-order valence-electron chi connectivity index (χ1n) is 8.66. The van der Waals surface area contributed by atoms with Crippen molar-refractivity contribution in [3.63, 3.8) is 0 Å². The van der Waals surface area contributed by atoms with E-state index in [0.717, 1.165) is 21.2 Å². The van der Waals surface area contributed by atoms with Crippen LogP contribution in [0.3, 0.4) is 0 Å². The van der Waals surface area contributed by atoms with Crippen molar-refractivity contribution in [1.82, 2.24) is 9.88 Å². The molecule has 2 aromatic rings. The van der Waals surface area contributed by atoms with Crippen LogP contribution < -0.4 is 5.73 Å². The molecule has 0 saturated heterocycles. The number of halogens is 4. The van der Waals surface area contributed by atoms with Crippen LogP contribution in [0.2, 0.25) is 0 Å². The van der Waals surface area contributed by atoms with Crippen LogP contribution in [0, 0.1) is 0 Å². The second-order valence-electron chi connectivity index (χ2n) is 6.82. The maximum absolute atomic E-state index is 13.3. The second-order valence-corrected chi connectivity index (χ2v) is 7.73. The van der Waals surface area contributed by atoms with Crippen LogP contribution in [0.4, 0.5) is 18.9 Å². The lowest BCUT2D eigenvalue weighted by atomic mass is 9.82. The van der Waals surface area contributed by atoms with Gasteiger partial charge in [-0.2, -0.15) is 13.2 Å². The largest absolute Gasteiger partial charge is 0.401 e. The number of rotatable bonds is 4. The molecule has 0 spiro atoms. The predicted molar refractivity (Wildman–Crippen MR) is 101 cm³/mol. The number of aliphatic hydroxyl groups is 1. The maximum Gasteiger partial charge on any atom is 0.401 e. The van der Waals surface area contributed by atoms with Crippen LogP contribution in [0.5, 0.6) is 0 Å². The number of hydrogen-bond donors (Lipinski definition) is 2. The van der Waals surface area contributed by atoms with Gasteiger partial charge in [0.1, 0.15) is 0 Å². The van der Waals surface area contributed by atoms with Crippen LogP contribution in [0.1, 0.15) is 35.3 Å². The molecule has 1 aromatic carbocycles. The molecule has 0 radical (unpaired) electrons. The summed E-state index contributed by atoms with van der Waals surface area (Å²) in [5, 5.41) is 9.40. The molecule has 2 heterocycles. The molecule has 3 N–H and O–H groups in total. The minimum absolute atomic E-state index is 0.0670.